The SMILES string of the molecule is Cc1cc(F)c(N2C(=O)C3C(C2=O)C3(C)C)cc1S(=O)(=O)Cl. The molecule has 5 nitrogen and oxygen atoms in total. The first kappa shape index (κ1) is 15.4. The van der Waals surface area contributed by atoms with Gasteiger partial charge in [-0.25, -0.2) is 17.7 Å². The summed E-state index contributed by atoms with van der Waals surface area (Å²) in [6, 6.07) is 1.90. The number of amides is 2. The van der Waals surface area contributed by atoms with Gasteiger partial charge in [0.2, 0.25) is 11.8 Å². The summed E-state index contributed by atoms with van der Waals surface area (Å²) in [4.78, 5) is 25.1. The van der Waals surface area contributed by atoms with Crippen LogP contribution >= 0.6 is 10.7 Å². The maximum atomic E-state index is 14.2. The Morgan fingerprint density at radius 1 is 1.18 bits per heavy atom. The Morgan fingerprint density at radius 2 is 1.68 bits per heavy atom. The Kier molecular flexibility index (Phi) is 3.01. The number of rotatable bonds is 2. The number of nitrogens with zero attached hydrogens (tertiary/aromatic N) is 1. The van der Waals surface area contributed by atoms with E-state index < -0.39 is 43.9 Å². The molecule has 1 aromatic rings. The number of fused-ring (bicyclic) bond motifs is 1. The minimum atomic E-state index is -4.11. The molecule has 1 saturated heterocycles. The highest BCUT2D eigenvalue weighted by molar-refractivity contribution is 8.13. The molecule has 8 heteroatoms. The summed E-state index contributed by atoms with van der Waals surface area (Å²) in [5.74, 6) is -2.78. The number of piperidine rings is 1. The van der Waals surface area contributed by atoms with Crippen LogP contribution in [-0.2, 0) is 18.6 Å². The van der Waals surface area contributed by atoms with Crippen LogP contribution in [0.15, 0.2) is 17.0 Å². The van der Waals surface area contributed by atoms with E-state index in [9.17, 15) is 22.4 Å². The molecule has 1 heterocycles. The van der Waals surface area contributed by atoms with Gasteiger partial charge in [0, 0.05) is 10.7 Å². The zero-order valence-electron chi connectivity index (χ0n) is 12.1. The van der Waals surface area contributed by atoms with E-state index in [1.54, 1.807) is 13.8 Å². The molecular weight excluding hydrogens is 333 g/mol. The molecule has 3 rings (SSSR count). The highest BCUT2D eigenvalue weighted by atomic mass is 35.7. The average Bonchev–Trinajstić information content (AvgIpc) is 2.81. The topological polar surface area (TPSA) is 71.5 Å². The maximum Gasteiger partial charge on any atom is 0.261 e. The zero-order valence-corrected chi connectivity index (χ0v) is 13.6. The average molecular weight is 346 g/mol. The van der Waals surface area contributed by atoms with Crippen LogP contribution in [0.2, 0.25) is 0 Å². The largest absolute Gasteiger partial charge is 0.274 e. The molecule has 0 spiro atoms. The number of anilines is 1. The van der Waals surface area contributed by atoms with Gasteiger partial charge in [0.25, 0.3) is 9.05 Å². The Balaban J connectivity index is 2.11. The lowest BCUT2D eigenvalue weighted by atomic mass is 10.0. The summed E-state index contributed by atoms with van der Waals surface area (Å²) in [6.07, 6.45) is 0. The second-order valence-electron chi connectivity index (χ2n) is 6.30. The summed E-state index contributed by atoms with van der Waals surface area (Å²) in [5, 5.41) is 0. The van der Waals surface area contributed by atoms with Gasteiger partial charge in [0.05, 0.1) is 22.4 Å². The molecule has 1 aliphatic carbocycles. The Hall–Kier alpha value is -1.47. The zero-order chi connectivity index (χ0) is 16.6. The van der Waals surface area contributed by atoms with Crippen LogP contribution in [0.4, 0.5) is 10.1 Å². The molecule has 118 valence electrons. The maximum absolute atomic E-state index is 14.2. The fourth-order valence-electron chi connectivity index (χ4n) is 3.26. The molecule has 0 radical (unpaired) electrons. The van der Waals surface area contributed by atoms with Crippen molar-refractivity contribution in [3.05, 3.63) is 23.5 Å². The number of hydrogen-bond donors (Lipinski definition) is 0. The monoisotopic (exact) mass is 345 g/mol. The smallest absolute Gasteiger partial charge is 0.261 e. The highest BCUT2D eigenvalue weighted by Gasteiger charge is 2.72. The number of aryl methyl sites for hydroxylation is 1. The van der Waals surface area contributed by atoms with Crippen LogP contribution in [0.3, 0.4) is 0 Å². The number of benzene rings is 1. The van der Waals surface area contributed by atoms with Crippen LogP contribution in [0.5, 0.6) is 0 Å². The number of carbonyl (C=O) groups excluding carboxylic acids is 2. The molecule has 1 aromatic carbocycles. The quantitative estimate of drug-likeness (QED) is 0.608. The van der Waals surface area contributed by atoms with Crippen molar-refractivity contribution in [2.75, 3.05) is 4.90 Å². The van der Waals surface area contributed by atoms with Gasteiger partial charge in [-0.15, -0.1) is 0 Å². The molecule has 1 aliphatic heterocycles. The number of imide groups is 1. The molecule has 1 saturated carbocycles. The van der Waals surface area contributed by atoms with Crippen molar-refractivity contribution >= 4 is 37.2 Å². The van der Waals surface area contributed by atoms with Crippen molar-refractivity contribution in [3.63, 3.8) is 0 Å². The lowest BCUT2D eigenvalue weighted by Gasteiger charge is -2.21. The van der Waals surface area contributed by atoms with Gasteiger partial charge in [-0.2, -0.15) is 0 Å². The van der Waals surface area contributed by atoms with Crippen LogP contribution < -0.4 is 4.90 Å². The van der Waals surface area contributed by atoms with Gasteiger partial charge in [0.1, 0.15) is 5.82 Å². The predicted octanol–water partition coefficient (Wildman–Crippen LogP) is 2.21. The standard InChI is InChI=1S/C14H13ClFNO4S/c1-6-4-7(16)8(5-9(6)22(15,20)21)17-12(18)10-11(13(17)19)14(10,2)3/h4-5,10-11H,1-3H3. The summed E-state index contributed by atoms with van der Waals surface area (Å²) in [6.45, 7) is 4.99. The molecule has 2 amide bonds. The fraction of sp³-hybridized carbons (Fsp3) is 0.429. The van der Waals surface area contributed by atoms with Gasteiger partial charge < -0.3 is 0 Å². The molecule has 0 aromatic heterocycles. The van der Waals surface area contributed by atoms with E-state index in [1.165, 1.54) is 6.92 Å². The molecule has 0 bridgehead atoms. The van der Waals surface area contributed by atoms with E-state index in [2.05, 4.69) is 0 Å². The Bertz CT molecular complexity index is 809. The molecule has 22 heavy (non-hydrogen) atoms. The second-order valence-corrected chi connectivity index (χ2v) is 8.83. The minimum Gasteiger partial charge on any atom is -0.274 e. The van der Waals surface area contributed by atoms with E-state index in [-0.39, 0.29) is 16.1 Å². The first-order valence-corrected chi connectivity index (χ1v) is 8.91. The third-order valence-corrected chi connectivity index (χ3v) is 6.01. The number of hydrogen-bond acceptors (Lipinski definition) is 4. The molecule has 2 unspecified atom stereocenters. The molecule has 2 atom stereocenters. The van der Waals surface area contributed by atoms with E-state index in [1.807, 2.05) is 0 Å². The van der Waals surface area contributed by atoms with Crippen molar-refractivity contribution in [3.8, 4) is 0 Å². The summed E-state index contributed by atoms with van der Waals surface area (Å²) >= 11 is 0. The lowest BCUT2D eigenvalue weighted by molar-refractivity contribution is -0.125. The predicted molar refractivity (Wildman–Crippen MR) is 77.4 cm³/mol. The van der Waals surface area contributed by atoms with Crippen LogP contribution in [0, 0.1) is 30.0 Å². The highest BCUT2D eigenvalue weighted by Crippen LogP contribution is 2.63. The van der Waals surface area contributed by atoms with E-state index in [4.69, 9.17) is 10.7 Å². The minimum absolute atomic E-state index is 0.112. The van der Waals surface area contributed by atoms with Gasteiger partial charge in [-0.1, -0.05) is 13.8 Å². The van der Waals surface area contributed by atoms with Crippen LogP contribution in [0.25, 0.3) is 0 Å². The number of carbonyl (C=O) groups is 2. The van der Waals surface area contributed by atoms with Gasteiger partial charge in [-0.05, 0) is 30.0 Å². The van der Waals surface area contributed by atoms with E-state index in [0.29, 0.717) is 0 Å². The van der Waals surface area contributed by atoms with Crippen molar-refractivity contribution in [1.82, 2.24) is 0 Å². The number of halogens is 2. The van der Waals surface area contributed by atoms with Crippen molar-refractivity contribution in [2.45, 2.75) is 25.7 Å². The second kappa shape index (κ2) is 4.29. The molecular formula is C14H13ClFNO4S. The molecule has 2 aliphatic rings. The van der Waals surface area contributed by atoms with Crippen LogP contribution in [-0.4, -0.2) is 20.2 Å². The third-order valence-electron chi connectivity index (χ3n) is 4.55. The van der Waals surface area contributed by atoms with Crippen molar-refractivity contribution in [1.29, 1.82) is 0 Å². The Morgan fingerprint density at radius 3 is 2.14 bits per heavy atom. The van der Waals surface area contributed by atoms with Crippen LogP contribution in [0.1, 0.15) is 19.4 Å². The Labute approximate surface area is 131 Å². The van der Waals surface area contributed by atoms with Gasteiger partial charge in [-0.3, -0.25) is 9.59 Å². The first-order valence-electron chi connectivity index (χ1n) is 6.60. The fourth-order valence-corrected chi connectivity index (χ4v) is 4.45. The summed E-state index contributed by atoms with van der Waals surface area (Å²) in [5.41, 5.74) is -0.670. The van der Waals surface area contributed by atoms with E-state index in [0.717, 1.165) is 17.0 Å². The third kappa shape index (κ3) is 1.91. The molecule has 0 N–H and O–H groups in total. The normalized spacial score (nSPS) is 26.3. The molecule has 2 fully saturated rings. The van der Waals surface area contributed by atoms with Crippen molar-refractivity contribution < 1.29 is 22.4 Å². The first-order chi connectivity index (χ1) is 9.98. The van der Waals surface area contributed by atoms with Crippen molar-refractivity contribution in [2.24, 2.45) is 17.3 Å². The summed E-state index contributed by atoms with van der Waals surface area (Å²) in [7, 11) is 1.21. The van der Waals surface area contributed by atoms with Gasteiger partial charge >= 0.3 is 0 Å². The van der Waals surface area contributed by atoms with E-state index >= 15 is 0 Å². The lowest BCUT2D eigenvalue weighted by Crippen LogP contribution is -2.37. The summed E-state index contributed by atoms with van der Waals surface area (Å²) < 4.78 is 37.2. The van der Waals surface area contributed by atoms with Gasteiger partial charge in [0.15, 0.2) is 0 Å².